The molecule has 0 saturated carbocycles. The summed E-state index contributed by atoms with van der Waals surface area (Å²) >= 11 is 0. The molecule has 1 aliphatic rings. The van der Waals surface area contributed by atoms with E-state index in [1.165, 1.54) is 4.90 Å². The molecule has 2 atom stereocenters. The Hall–Kier alpha value is -3.84. The number of para-hydroxylation sites is 1. The van der Waals surface area contributed by atoms with E-state index < -0.39 is 34.2 Å². The van der Waals surface area contributed by atoms with E-state index in [1.807, 2.05) is 19.1 Å². The molecule has 206 valence electrons. The van der Waals surface area contributed by atoms with Gasteiger partial charge in [0, 0.05) is 6.54 Å². The Labute approximate surface area is 221 Å². The van der Waals surface area contributed by atoms with Crippen molar-refractivity contribution in [2.75, 3.05) is 23.8 Å². The van der Waals surface area contributed by atoms with Crippen molar-refractivity contribution in [1.82, 2.24) is 10.0 Å². The van der Waals surface area contributed by atoms with E-state index in [0.717, 1.165) is 5.56 Å². The number of nitrogens with two attached hydrogens (primary N) is 1. The highest BCUT2D eigenvalue weighted by molar-refractivity contribution is 7.89. The third-order valence-corrected chi connectivity index (χ3v) is 7.28. The van der Waals surface area contributed by atoms with Crippen molar-refractivity contribution in [3.05, 3.63) is 59.7 Å². The van der Waals surface area contributed by atoms with E-state index in [9.17, 15) is 23.1 Å². The normalized spacial score (nSPS) is 16.1. The number of amides is 1. The molecule has 2 unspecified atom stereocenters. The molecule has 0 aliphatic carbocycles. The van der Waals surface area contributed by atoms with Gasteiger partial charge in [0.1, 0.15) is 18.4 Å². The average Bonchev–Trinajstić information content (AvgIpc) is 3.25. The number of carbonyl (C=O) groups excluding carboxylic acids is 1. The van der Waals surface area contributed by atoms with Crippen LogP contribution < -0.4 is 25.4 Å². The zero-order valence-electron chi connectivity index (χ0n) is 21.1. The molecule has 0 bridgehead atoms. The second-order valence-electron chi connectivity index (χ2n) is 8.85. The first kappa shape index (κ1) is 28.7. The maximum Gasteiger partial charge on any atom is 0.414 e. The Morgan fingerprint density at radius 3 is 2.63 bits per heavy atom. The fourth-order valence-corrected chi connectivity index (χ4v) is 5.26. The third-order valence-electron chi connectivity index (χ3n) is 5.81. The summed E-state index contributed by atoms with van der Waals surface area (Å²) in [6.45, 7) is 2.51. The minimum atomic E-state index is -3.69. The highest BCUT2D eigenvalue weighted by atomic mass is 32.2. The van der Waals surface area contributed by atoms with Crippen molar-refractivity contribution >= 4 is 33.7 Å². The summed E-state index contributed by atoms with van der Waals surface area (Å²) in [6, 6.07) is 12.6. The van der Waals surface area contributed by atoms with Crippen LogP contribution in [0.4, 0.5) is 10.5 Å². The lowest BCUT2D eigenvalue weighted by atomic mass is 10.1. The first-order chi connectivity index (χ1) is 18.1. The van der Waals surface area contributed by atoms with Gasteiger partial charge < -0.3 is 25.6 Å². The number of cyclic esters (lactones) is 1. The summed E-state index contributed by atoms with van der Waals surface area (Å²) in [7, 11) is -3.69. The quantitative estimate of drug-likeness (QED) is 0.174. The lowest BCUT2D eigenvalue weighted by Gasteiger charge is -2.18. The van der Waals surface area contributed by atoms with Crippen LogP contribution in [0.2, 0.25) is 0 Å². The van der Waals surface area contributed by atoms with Crippen molar-refractivity contribution in [2.24, 2.45) is 5.73 Å². The number of carbonyl (C=O) groups is 2. The Morgan fingerprint density at radius 1 is 1.26 bits per heavy atom. The van der Waals surface area contributed by atoms with Gasteiger partial charge in [0.15, 0.2) is 12.1 Å². The van der Waals surface area contributed by atoms with E-state index in [-0.39, 0.29) is 37.8 Å². The Balaban J connectivity index is 1.55. The lowest BCUT2D eigenvalue weighted by molar-refractivity contribution is -0.138. The number of benzene rings is 2. The predicted molar refractivity (Wildman–Crippen MR) is 142 cm³/mol. The molecule has 2 aromatic rings. The SMILES string of the molecule is CCCCS(=O)(=O)NC(Cc1ccc(OCC2CN(c3ccccc3CNC(=N)N)C(=O)O2)cc1)C(=O)O. The van der Waals surface area contributed by atoms with Crippen LogP contribution >= 0.6 is 0 Å². The van der Waals surface area contributed by atoms with E-state index in [4.69, 9.17) is 20.6 Å². The number of unbranched alkanes of at least 4 members (excludes halogenated alkanes) is 1. The molecule has 1 amide bonds. The monoisotopic (exact) mass is 547 g/mol. The Bertz CT molecular complexity index is 1240. The second-order valence-corrected chi connectivity index (χ2v) is 10.7. The van der Waals surface area contributed by atoms with Gasteiger partial charge in [-0.1, -0.05) is 43.7 Å². The average molecular weight is 548 g/mol. The molecular weight excluding hydrogens is 514 g/mol. The molecule has 1 aliphatic heterocycles. The molecule has 12 nitrogen and oxygen atoms in total. The van der Waals surface area contributed by atoms with Gasteiger partial charge in [0.2, 0.25) is 10.0 Å². The fourth-order valence-electron chi connectivity index (χ4n) is 3.86. The van der Waals surface area contributed by atoms with Gasteiger partial charge in [-0.25, -0.2) is 17.9 Å². The minimum absolute atomic E-state index is 0.0198. The van der Waals surface area contributed by atoms with Gasteiger partial charge in [0.25, 0.3) is 0 Å². The van der Waals surface area contributed by atoms with Gasteiger partial charge >= 0.3 is 12.1 Å². The molecule has 0 spiro atoms. The highest BCUT2D eigenvalue weighted by Gasteiger charge is 2.34. The van der Waals surface area contributed by atoms with Crippen LogP contribution in [-0.2, 0) is 32.5 Å². The topological polar surface area (TPSA) is 184 Å². The first-order valence-corrected chi connectivity index (χ1v) is 13.8. The molecule has 2 aromatic carbocycles. The van der Waals surface area contributed by atoms with Crippen molar-refractivity contribution in [3.8, 4) is 5.75 Å². The molecule has 1 saturated heterocycles. The van der Waals surface area contributed by atoms with Crippen LogP contribution in [0.3, 0.4) is 0 Å². The fraction of sp³-hybridized carbons (Fsp3) is 0.400. The summed E-state index contributed by atoms with van der Waals surface area (Å²) in [5.74, 6) is -1.06. The number of carboxylic acid groups (broad SMARTS) is 1. The molecule has 0 radical (unpaired) electrons. The number of guanidine groups is 1. The molecule has 1 heterocycles. The van der Waals surface area contributed by atoms with Crippen LogP contribution in [-0.4, -0.2) is 62.6 Å². The van der Waals surface area contributed by atoms with E-state index in [1.54, 1.807) is 36.4 Å². The summed E-state index contributed by atoms with van der Waals surface area (Å²) in [6.07, 6.45) is 0.0824. The van der Waals surface area contributed by atoms with Crippen molar-refractivity contribution in [1.29, 1.82) is 5.41 Å². The van der Waals surface area contributed by atoms with Crippen LogP contribution in [0.5, 0.6) is 5.75 Å². The van der Waals surface area contributed by atoms with Gasteiger partial charge in [-0.05, 0) is 42.2 Å². The number of rotatable bonds is 14. The number of sulfonamides is 1. The molecule has 0 aromatic heterocycles. The molecule has 38 heavy (non-hydrogen) atoms. The molecular formula is C25H33N5O7S. The second kappa shape index (κ2) is 13.1. The maximum absolute atomic E-state index is 12.5. The van der Waals surface area contributed by atoms with Crippen LogP contribution in [0.25, 0.3) is 0 Å². The number of carboxylic acids is 1. The number of aliphatic carboxylic acids is 1. The molecule has 1 fully saturated rings. The lowest BCUT2D eigenvalue weighted by Crippen LogP contribution is -2.43. The number of hydrogen-bond donors (Lipinski definition) is 5. The standard InChI is InChI=1S/C25H33N5O7S/c1-2-3-12-38(34,35)29-21(23(31)32)13-17-8-10-19(11-9-17)36-16-20-15-30(25(33)37-20)22-7-5-4-6-18(22)14-28-24(26)27/h4-11,20-21,29H,2-3,12-16H2,1H3,(H,31,32)(H4,26,27,28). The minimum Gasteiger partial charge on any atom is -0.490 e. The van der Waals surface area contributed by atoms with Gasteiger partial charge in [0.05, 0.1) is 18.0 Å². The van der Waals surface area contributed by atoms with Crippen LogP contribution in [0.1, 0.15) is 30.9 Å². The van der Waals surface area contributed by atoms with Crippen molar-refractivity contribution < 1.29 is 32.6 Å². The molecule has 6 N–H and O–H groups in total. The summed E-state index contributed by atoms with van der Waals surface area (Å²) in [5, 5.41) is 19.5. The van der Waals surface area contributed by atoms with E-state index in [2.05, 4.69) is 10.0 Å². The largest absolute Gasteiger partial charge is 0.490 e. The molecule has 3 rings (SSSR count). The smallest absolute Gasteiger partial charge is 0.414 e. The molecule has 13 heteroatoms. The number of anilines is 1. The van der Waals surface area contributed by atoms with Crippen molar-refractivity contribution in [2.45, 2.75) is 44.9 Å². The number of nitrogens with one attached hydrogen (secondary N) is 3. The zero-order valence-corrected chi connectivity index (χ0v) is 21.9. The van der Waals surface area contributed by atoms with Crippen molar-refractivity contribution in [3.63, 3.8) is 0 Å². The first-order valence-electron chi connectivity index (χ1n) is 12.2. The maximum atomic E-state index is 12.5. The number of hydrogen-bond acceptors (Lipinski definition) is 7. The number of ether oxygens (including phenoxy) is 2. The summed E-state index contributed by atoms with van der Waals surface area (Å²) in [5.41, 5.74) is 7.42. The van der Waals surface area contributed by atoms with Gasteiger partial charge in [-0.3, -0.25) is 15.1 Å². The van der Waals surface area contributed by atoms with Gasteiger partial charge in [-0.2, -0.15) is 0 Å². The summed E-state index contributed by atoms with van der Waals surface area (Å²) < 4.78 is 37.7. The highest BCUT2D eigenvalue weighted by Crippen LogP contribution is 2.26. The number of nitrogens with zero attached hydrogens (tertiary/aromatic N) is 1. The van der Waals surface area contributed by atoms with Crippen LogP contribution in [0.15, 0.2) is 48.5 Å². The van der Waals surface area contributed by atoms with Crippen LogP contribution in [0, 0.1) is 5.41 Å². The summed E-state index contributed by atoms with van der Waals surface area (Å²) in [4.78, 5) is 25.6. The van der Waals surface area contributed by atoms with E-state index in [0.29, 0.717) is 29.8 Å². The zero-order chi connectivity index (χ0) is 27.7. The predicted octanol–water partition coefficient (Wildman–Crippen LogP) is 1.79. The van der Waals surface area contributed by atoms with E-state index >= 15 is 0 Å². The Kier molecular flexibility index (Phi) is 9.91. The van der Waals surface area contributed by atoms with Gasteiger partial charge in [-0.15, -0.1) is 0 Å². The third kappa shape index (κ3) is 8.35. The Morgan fingerprint density at radius 2 is 1.97 bits per heavy atom.